The van der Waals surface area contributed by atoms with E-state index in [0.29, 0.717) is 10.8 Å². The highest BCUT2D eigenvalue weighted by Crippen LogP contribution is 2.38. The van der Waals surface area contributed by atoms with Gasteiger partial charge in [-0.15, -0.1) is 0 Å². The minimum atomic E-state index is 0.629. The van der Waals surface area contributed by atoms with E-state index in [-0.39, 0.29) is 0 Å². The van der Waals surface area contributed by atoms with E-state index < -0.39 is 0 Å². The van der Waals surface area contributed by atoms with E-state index in [1.54, 1.807) is 13.3 Å². The standard InChI is InChI=1S/C14H16ClN3O/c1-19-12-9-11(18-7-5-16-6-8-18)14-10(13(12)15)3-2-4-17-14/h2-4,9,16H,5-8H2,1H3. The van der Waals surface area contributed by atoms with Gasteiger partial charge in [0.15, 0.2) is 0 Å². The maximum absolute atomic E-state index is 6.36. The van der Waals surface area contributed by atoms with Gasteiger partial charge in [0, 0.05) is 43.8 Å². The summed E-state index contributed by atoms with van der Waals surface area (Å²) in [6.45, 7) is 3.91. The molecule has 3 rings (SSSR count). The molecule has 2 aromatic rings. The third kappa shape index (κ3) is 2.22. The van der Waals surface area contributed by atoms with Crippen LogP contribution in [0.4, 0.5) is 5.69 Å². The number of rotatable bonds is 2. The van der Waals surface area contributed by atoms with E-state index >= 15 is 0 Å². The Hall–Kier alpha value is -1.52. The SMILES string of the molecule is COc1cc(N2CCNCC2)c2ncccc2c1Cl. The second-order valence-electron chi connectivity index (χ2n) is 4.55. The number of halogens is 1. The number of nitrogens with zero attached hydrogens (tertiary/aromatic N) is 2. The largest absolute Gasteiger partial charge is 0.495 e. The number of piperazine rings is 1. The molecule has 0 aliphatic carbocycles. The Balaban J connectivity index is 2.19. The summed E-state index contributed by atoms with van der Waals surface area (Å²) in [5, 5.41) is 4.92. The first-order valence-corrected chi connectivity index (χ1v) is 6.76. The molecule has 1 aliphatic heterocycles. The van der Waals surface area contributed by atoms with Crippen LogP contribution in [-0.2, 0) is 0 Å². The van der Waals surface area contributed by atoms with Gasteiger partial charge >= 0.3 is 0 Å². The minimum Gasteiger partial charge on any atom is -0.495 e. The monoisotopic (exact) mass is 277 g/mol. The summed E-state index contributed by atoms with van der Waals surface area (Å²) in [7, 11) is 1.64. The molecule has 1 N–H and O–H groups in total. The lowest BCUT2D eigenvalue weighted by Gasteiger charge is -2.30. The quantitative estimate of drug-likeness (QED) is 0.914. The number of methoxy groups -OCH3 is 1. The third-order valence-corrected chi connectivity index (χ3v) is 3.84. The van der Waals surface area contributed by atoms with Gasteiger partial charge in [0.2, 0.25) is 0 Å². The number of anilines is 1. The van der Waals surface area contributed by atoms with Crippen LogP contribution in [0.3, 0.4) is 0 Å². The smallest absolute Gasteiger partial charge is 0.140 e. The number of hydrogen-bond donors (Lipinski definition) is 1. The molecule has 1 aromatic heterocycles. The minimum absolute atomic E-state index is 0.629. The van der Waals surface area contributed by atoms with Crippen LogP contribution in [0, 0.1) is 0 Å². The second-order valence-corrected chi connectivity index (χ2v) is 4.93. The van der Waals surface area contributed by atoms with Gasteiger partial charge in [-0.3, -0.25) is 4.98 Å². The summed E-state index contributed by atoms with van der Waals surface area (Å²) in [5.74, 6) is 0.704. The Labute approximate surface area is 117 Å². The van der Waals surface area contributed by atoms with Crippen LogP contribution in [0.2, 0.25) is 5.02 Å². The fraction of sp³-hybridized carbons (Fsp3) is 0.357. The molecular formula is C14H16ClN3O. The fourth-order valence-corrected chi connectivity index (χ4v) is 2.75. The van der Waals surface area contributed by atoms with Crippen molar-refractivity contribution in [3.63, 3.8) is 0 Å². The predicted octanol–water partition coefficient (Wildman–Crippen LogP) is 2.31. The number of benzene rings is 1. The van der Waals surface area contributed by atoms with Crippen molar-refractivity contribution in [2.75, 3.05) is 38.2 Å². The van der Waals surface area contributed by atoms with Crippen molar-refractivity contribution >= 4 is 28.2 Å². The van der Waals surface area contributed by atoms with E-state index in [2.05, 4.69) is 15.2 Å². The van der Waals surface area contributed by atoms with Crippen molar-refractivity contribution < 1.29 is 4.74 Å². The molecule has 1 aliphatic rings. The molecular weight excluding hydrogens is 262 g/mol. The molecule has 0 bridgehead atoms. The van der Waals surface area contributed by atoms with Crippen molar-refractivity contribution in [1.29, 1.82) is 0 Å². The van der Waals surface area contributed by atoms with Gasteiger partial charge in [0.05, 0.1) is 23.3 Å². The number of hydrogen-bond acceptors (Lipinski definition) is 4. The normalized spacial score (nSPS) is 15.8. The number of ether oxygens (including phenoxy) is 1. The zero-order valence-electron chi connectivity index (χ0n) is 10.8. The zero-order valence-corrected chi connectivity index (χ0v) is 11.6. The van der Waals surface area contributed by atoms with Gasteiger partial charge in [0.25, 0.3) is 0 Å². The first-order valence-electron chi connectivity index (χ1n) is 6.38. The zero-order chi connectivity index (χ0) is 13.2. The molecule has 0 spiro atoms. The molecule has 1 aromatic carbocycles. The number of aromatic nitrogens is 1. The lowest BCUT2D eigenvalue weighted by Crippen LogP contribution is -2.43. The van der Waals surface area contributed by atoms with Crippen LogP contribution in [0.25, 0.3) is 10.9 Å². The maximum Gasteiger partial charge on any atom is 0.140 e. The van der Waals surface area contributed by atoms with E-state index in [0.717, 1.165) is 42.8 Å². The number of nitrogens with one attached hydrogen (secondary N) is 1. The molecule has 2 heterocycles. The molecule has 1 fully saturated rings. The van der Waals surface area contributed by atoms with Gasteiger partial charge in [0.1, 0.15) is 5.75 Å². The highest BCUT2D eigenvalue weighted by atomic mass is 35.5. The van der Waals surface area contributed by atoms with Crippen LogP contribution in [0.1, 0.15) is 0 Å². The summed E-state index contributed by atoms with van der Waals surface area (Å²) >= 11 is 6.36. The average Bonchev–Trinajstić information content (AvgIpc) is 2.49. The molecule has 0 amide bonds. The molecule has 0 unspecified atom stereocenters. The Morgan fingerprint density at radius 2 is 2.16 bits per heavy atom. The summed E-state index contributed by atoms with van der Waals surface area (Å²) < 4.78 is 5.38. The maximum atomic E-state index is 6.36. The van der Waals surface area contributed by atoms with Crippen molar-refractivity contribution in [3.05, 3.63) is 29.4 Å². The molecule has 0 radical (unpaired) electrons. The van der Waals surface area contributed by atoms with Gasteiger partial charge in [-0.2, -0.15) is 0 Å². The van der Waals surface area contributed by atoms with Gasteiger partial charge in [-0.05, 0) is 12.1 Å². The Morgan fingerprint density at radius 1 is 1.37 bits per heavy atom. The molecule has 100 valence electrons. The topological polar surface area (TPSA) is 37.4 Å². The molecule has 0 atom stereocenters. The van der Waals surface area contributed by atoms with Crippen LogP contribution < -0.4 is 15.0 Å². The third-order valence-electron chi connectivity index (χ3n) is 3.45. The van der Waals surface area contributed by atoms with Crippen molar-refractivity contribution in [3.8, 4) is 5.75 Å². The van der Waals surface area contributed by atoms with Crippen LogP contribution >= 0.6 is 11.6 Å². The van der Waals surface area contributed by atoms with Gasteiger partial charge in [-0.1, -0.05) is 11.6 Å². The van der Waals surface area contributed by atoms with Crippen LogP contribution in [0.5, 0.6) is 5.75 Å². The predicted molar refractivity (Wildman–Crippen MR) is 78.4 cm³/mol. The molecule has 5 heteroatoms. The average molecular weight is 278 g/mol. The van der Waals surface area contributed by atoms with Crippen molar-refractivity contribution in [2.24, 2.45) is 0 Å². The Kier molecular flexibility index (Phi) is 3.44. The lowest BCUT2D eigenvalue weighted by molar-refractivity contribution is 0.415. The van der Waals surface area contributed by atoms with E-state index in [1.165, 1.54) is 0 Å². The molecule has 4 nitrogen and oxygen atoms in total. The summed E-state index contributed by atoms with van der Waals surface area (Å²) in [5.41, 5.74) is 2.04. The Bertz CT molecular complexity index is 597. The fourth-order valence-electron chi connectivity index (χ4n) is 2.47. The van der Waals surface area contributed by atoms with Crippen molar-refractivity contribution in [1.82, 2.24) is 10.3 Å². The van der Waals surface area contributed by atoms with E-state index in [9.17, 15) is 0 Å². The summed E-state index contributed by atoms with van der Waals surface area (Å²) in [4.78, 5) is 6.81. The summed E-state index contributed by atoms with van der Waals surface area (Å²) in [6.07, 6.45) is 1.80. The molecule has 0 saturated carbocycles. The van der Waals surface area contributed by atoms with Gasteiger partial charge < -0.3 is 15.0 Å². The lowest BCUT2D eigenvalue weighted by atomic mass is 10.1. The number of pyridine rings is 1. The first kappa shape index (κ1) is 12.5. The molecule has 1 saturated heterocycles. The van der Waals surface area contributed by atoms with Gasteiger partial charge in [-0.25, -0.2) is 0 Å². The molecule has 19 heavy (non-hydrogen) atoms. The van der Waals surface area contributed by atoms with E-state index in [4.69, 9.17) is 16.3 Å². The highest BCUT2D eigenvalue weighted by molar-refractivity contribution is 6.37. The Morgan fingerprint density at radius 3 is 2.89 bits per heavy atom. The highest BCUT2D eigenvalue weighted by Gasteiger charge is 2.18. The summed E-state index contributed by atoms with van der Waals surface area (Å²) in [6, 6.07) is 5.87. The first-order chi connectivity index (χ1) is 9.31. The second kappa shape index (κ2) is 5.23. The van der Waals surface area contributed by atoms with Crippen LogP contribution in [-0.4, -0.2) is 38.3 Å². The van der Waals surface area contributed by atoms with Crippen LogP contribution in [0.15, 0.2) is 24.4 Å². The number of fused-ring (bicyclic) bond motifs is 1. The van der Waals surface area contributed by atoms with Crippen molar-refractivity contribution in [2.45, 2.75) is 0 Å². The van der Waals surface area contributed by atoms with E-state index in [1.807, 2.05) is 18.2 Å².